The molecule has 0 amide bonds. The third-order valence-corrected chi connectivity index (χ3v) is 2.43. The third kappa shape index (κ3) is 2.57. The Morgan fingerprint density at radius 1 is 1.57 bits per heavy atom. The molecule has 0 fully saturated rings. The molecule has 0 atom stereocenters. The van der Waals surface area contributed by atoms with Crippen molar-refractivity contribution in [3.8, 4) is 6.07 Å². The second kappa shape index (κ2) is 4.77. The number of nitrogen functional groups attached to an aromatic ring is 1. The molecule has 0 saturated heterocycles. The summed E-state index contributed by atoms with van der Waals surface area (Å²) in [5, 5.41) is 8.97. The van der Waals surface area contributed by atoms with E-state index in [-0.39, 0.29) is 12.2 Å². The van der Waals surface area contributed by atoms with Crippen molar-refractivity contribution in [3.63, 3.8) is 0 Å². The first-order chi connectivity index (χ1) is 6.67. The summed E-state index contributed by atoms with van der Waals surface area (Å²) < 4.78 is 0. The molecule has 0 aromatic heterocycles. The van der Waals surface area contributed by atoms with Crippen LogP contribution in [0.3, 0.4) is 0 Å². The van der Waals surface area contributed by atoms with E-state index in [4.69, 9.17) is 11.0 Å². The lowest BCUT2D eigenvalue weighted by molar-refractivity contribution is -0.115. The van der Waals surface area contributed by atoms with Gasteiger partial charge in [-0.1, -0.05) is 15.9 Å². The number of nitriles is 1. The average molecular weight is 253 g/mol. The monoisotopic (exact) mass is 252 g/mol. The standard InChI is InChI=1S/C10H9BrN2O/c11-5-9(14)4-8-3-7(6-12)1-2-10(8)13/h1-3H,4-5,13H2. The molecule has 2 N–H and O–H groups in total. The van der Waals surface area contributed by atoms with E-state index in [9.17, 15) is 4.79 Å². The van der Waals surface area contributed by atoms with Crippen molar-refractivity contribution in [1.29, 1.82) is 5.26 Å². The topological polar surface area (TPSA) is 66.9 Å². The van der Waals surface area contributed by atoms with E-state index in [0.29, 0.717) is 22.1 Å². The molecule has 0 heterocycles. The Balaban J connectivity index is 2.96. The second-order valence-corrected chi connectivity index (χ2v) is 3.44. The van der Waals surface area contributed by atoms with Crippen LogP contribution in [0.2, 0.25) is 0 Å². The number of benzene rings is 1. The van der Waals surface area contributed by atoms with E-state index >= 15 is 0 Å². The minimum absolute atomic E-state index is 0.0480. The Labute approximate surface area is 90.7 Å². The fourth-order valence-electron chi connectivity index (χ4n) is 1.09. The van der Waals surface area contributed by atoms with Crippen LogP contribution < -0.4 is 5.73 Å². The lowest BCUT2D eigenvalue weighted by Crippen LogP contribution is -2.06. The molecule has 1 aromatic rings. The summed E-state index contributed by atoms with van der Waals surface area (Å²) in [5.41, 5.74) is 7.46. The number of halogens is 1. The summed E-state index contributed by atoms with van der Waals surface area (Å²) in [6.45, 7) is 0. The van der Waals surface area contributed by atoms with Gasteiger partial charge in [0, 0.05) is 12.1 Å². The zero-order valence-corrected chi connectivity index (χ0v) is 9.04. The lowest BCUT2D eigenvalue weighted by atomic mass is 10.0. The quantitative estimate of drug-likeness (QED) is 0.657. The predicted octanol–water partition coefficient (Wildman–Crippen LogP) is 1.65. The van der Waals surface area contributed by atoms with E-state index in [2.05, 4.69) is 15.9 Å². The molecule has 0 spiro atoms. The van der Waals surface area contributed by atoms with Crippen molar-refractivity contribution in [2.24, 2.45) is 0 Å². The number of anilines is 1. The number of nitrogens with two attached hydrogens (primary N) is 1. The van der Waals surface area contributed by atoms with Crippen LogP contribution in [-0.2, 0) is 11.2 Å². The Morgan fingerprint density at radius 2 is 2.29 bits per heavy atom. The average Bonchev–Trinajstić information content (AvgIpc) is 2.21. The van der Waals surface area contributed by atoms with Gasteiger partial charge in [-0.25, -0.2) is 0 Å². The highest BCUT2D eigenvalue weighted by Crippen LogP contribution is 2.14. The van der Waals surface area contributed by atoms with Crippen molar-refractivity contribution in [2.45, 2.75) is 6.42 Å². The molecule has 0 saturated carbocycles. The summed E-state index contributed by atoms with van der Waals surface area (Å²) in [7, 11) is 0. The number of hydrogen-bond donors (Lipinski definition) is 1. The molecular weight excluding hydrogens is 244 g/mol. The normalized spacial score (nSPS) is 9.43. The number of alkyl halides is 1. The van der Waals surface area contributed by atoms with E-state index in [1.54, 1.807) is 18.2 Å². The number of hydrogen-bond acceptors (Lipinski definition) is 3. The van der Waals surface area contributed by atoms with Crippen LogP contribution >= 0.6 is 15.9 Å². The fourth-order valence-corrected chi connectivity index (χ4v) is 1.29. The van der Waals surface area contributed by atoms with Crippen LogP contribution in [0, 0.1) is 11.3 Å². The third-order valence-electron chi connectivity index (χ3n) is 1.81. The molecule has 72 valence electrons. The van der Waals surface area contributed by atoms with Crippen molar-refractivity contribution in [2.75, 3.05) is 11.1 Å². The van der Waals surface area contributed by atoms with Gasteiger partial charge in [0.2, 0.25) is 0 Å². The highest BCUT2D eigenvalue weighted by atomic mass is 79.9. The Hall–Kier alpha value is -1.34. The molecule has 1 rings (SSSR count). The number of ketones is 1. The minimum atomic E-state index is 0.0480. The van der Waals surface area contributed by atoms with Gasteiger partial charge in [-0.15, -0.1) is 0 Å². The van der Waals surface area contributed by atoms with E-state index in [0.717, 1.165) is 0 Å². The molecule has 0 aliphatic rings. The Morgan fingerprint density at radius 3 is 2.86 bits per heavy atom. The van der Waals surface area contributed by atoms with Gasteiger partial charge in [-0.3, -0.25) is 4.79 Å². The van der Waals surface area contributed by atoms with Crippen molar-refractivity contribution >= 4 is 27.4 Å². The predicted molar refractivity (Wildman–Crippen MR) is 58.1 cm³/mol. The smallest absolute Gasteiger partial charge is 0.147 e. The summed E-state index contributed by atoms with van der Waals surface area (Å²) in [4.78, 5) is 11.1. The molecule has 4 heteroatoms. The maximum absolute atomic E-state index is 11.1. The molecule has 3 nitrogen and oxygen atoms in total. The summed E-state index contributed by atoms with van der Waals surface area (Å²) >= 11 is 3.08. The zero-order chi connectivity index (χ0) is 10.6. The Bertz CT molecular complexity index is 396. The molecular formula is C10H9BrN2O. The van der Waals surface area contributed by atoms with Crippen LogP contribution in [0.4, 0.5) is 5.69 Å². The zero-order valence-electron chi connectivity index (χ0n) is 7.46. The van der Waals surface area contributed by atoms with Crippen LogP contribution in [0.15, 0.2) is 18.2 Å². The summed E-state index contributed by atoms with van der Waals surface area (Å²) in [6.07, 6.45) is 0.270. The van der Waals surface area contributed by atoms with Gasteiger partial charge in [0.15, 0.2) is 0 Å². The first kappa shape index (κ1) is 10.7. The number of carbonyl (C=O) groups is 1. The summed E-state index contributed by atoms with van der Waals surface area (Å²) in [6, 6.07) is 6.94. The van der Waals surface area contributed by atoms with Gasteiger partial charge in [-0.05, 0) is 23.8 Å². The van der Waals surface area contributed by atoms with E-state index in [1.807, 2.05) is 6.07 Å². The van der Waals surface area contributed by atoms with Gasteiger partial charge in [-0.2, -0.15) is 5.26 Å². The molecule has 1 aromatic carbocycles. The molecule has 0 bridgehead atoms. The summed E-state index contributed by atoms with van der Waals surface area (Å²) in [5.74, 6) is 0.0480. The molecule has 0 unspecified atom stereocenters. The molecule has 0 aliphatic heterocycles. The molecule has 14 heavy (non-hydrogen) atoms. The highest BCUT2D eigenvalue weighted by Gasteiger charge is 2.06. The minimum Gasteiger partial charge on any atom is -0.398 e. The van der Waals surface area contributed by atoms with Gasteiger partial charge in [0.1, 0.15) is 5.78 Å². The lowest BCUT2D eigenvalue weighted by Gasteiger charge is -2.03. The second-order valence-electron chi connectivity index (χ2n) is 2.87. The first-order valence-corrected chi connectivity index (χ1v) is 5.15. The fraction of sp³-hybridized carbons (Fsp3) is 0.200. The van der Waals surface area contributed by atoms with Crippen LogP contribution in [0.1, 0.15) is 11.1 Å². The van der Waals surface area contributed by atoms with Crippen LogP contribution in [-0.4, -0.2) is 11.1 Å². The number of carbonyl (C=O) groups excluding carboxylic acids is 1. The number of Topliss-reactive ketones (excluding diaryl/α,β-unsaturated/α-hetero) is 1. The van der Waals surface area contributed by atoms with Crippen LogP contribution in [0.25, 0.3) is 0 Å². The van der Waals surface area contributed by atoms with E-state index < -0.39 is 0 Å². The highest BCUT2D eigenvalue weighted by molar-refractivity contribution is 9.09. The van der Waals surface area contributed by atoms with Crippen molar-refractivity contribution in [3.05, 3.63) is 29.3 Å². The Kier molecular flexibility index (Phi) is 3.66. The maximum atomic E-state index is 11.1. The van der Waals surface area contributed by atoms with Gasteiger partial charge < -0.3 is 5.73 Å². The van der Waals surface area contributed by atoms with Crippen LogP contribution in [0.5, 0.6) is 0 Å². The SMILES string of the molecule is N#Cc1ccc(N)c(CC(=O)CBr)c1. The number of rotatable bonds is 3. The van der Waals surface area contributed by atoms with Gasteiger partial charge in [0.25, 0.3) is 0 Å². The number of nitrogens with zero attached hydrogens (tertiary/aromatic N) is 1. The maximum Gasteiger partial charge on any atom is 0.147 e. The van der Waals surface area contributed by atoms with E-state index in [1.165, 1.54) is 0 Å². The van der Waals surface area contributed by atoms with Gasteiger partial charge >= 0.3 is 0 Å². The first-order valence-electron chi connectivity index (χ1n) is 4.03. The molecule has 0 radical (unpaired) electrons. The van der Waals surface area contributed by atoms with Crippen molar-refractivity contribution < 1.29 is 4.79 Å². The largest absolute Gasteiger partial charge is 0.398 e. The molecule has 0 aliphatic carbocycles. The van der Waals surface area contributed by atoms with Crippen molar-refractivity contribution in [1.82, 2.24) is 0 Å². The van der Waals surface area contributed by atoms with Gasteiger partial charge in [0.05, 0.1) is 17.0 Å².